The van der Waals surface area contributed by atoms with Gasteiger partial charge in [-0.2, -0.15) is 23.1 Å². The lowest BCUT2D eigenvalue weighted by Crippen LogP contribution is -2.43. The fourth-order valence-electron chi connectivity index (χ4n) is 6.16. The first-order valence-corrected chi connectivity index (χ1v) is 14.7. The van der Waals surface area contributed by atoms with E-state index in [1.165, 1.54) is 24.4 Å². The van der Waals surface area contributed by atoms with Crippen LogP contribution in [0.15, 0.2) is 30.5 Å². The molecule has 2 aromatic heterocycles. The van der Waals surface area contributed by atoms with Crippen LogP contribution in [0, 0.1) is 24.0 Å². The lowest BCUT2D eigenvalue weighted by molar-refractivity contribution is -0.0327. The number of hydrogen-bond acceptors (Lipinski definition) is 8. The average Bonchev–Trinajstić information content (AvgIpc) is 3.49. The number of pyridine rings is 1. The van der Waals surface area contributed by atoms with Gasteiger partial charge in [-0.3, -0.25) is 9.88 Å². The molecule has 0 aliphatic carbocycles. The number of phenolic OH excluding ortho intramolecular Hbond substituents is 1. The summed E-state index contributed by atoms with van der Waals surface area (Å²) < 4.78 is 89.4. The lowest BCUT2D eigenvalue weighted by atomic mass is 9.95. The summed E-state index contributed by atoms with van der Waals surface area (Å²) in [5.41, 5.74) is -5.73. The first-order valence-electron chi connectivity index (χ1n) is 13.7. The van der Waals surface area contributed by atoms with Crippen LogP contribution in [0.5, 0.6) is 11.8 Å². The van der Waals surface area contributed by atoms with Crippen LogP contribution in [0.4, 0.5) is 32.2 Å². The fraction of sp³-hybridized carbons (Fsp3) is 0.367. The number of alkyl halides is 4. The summed E-state index contributed by atoms with van der Waals surface area (Å²) in [6.45, 7) is 0.855. The molecule has 6 rings (SSSR count). The Hall–Kier alpha value is -3.96. The summed E-state index contributed by atoms with van der Waals surface area (Å²) in [7, 11) is 0. The third kappa shape index (κ3) is 5.66. The Morgan fingerprint density at radius 1 is 1.23 bits per heavy atom. The molecule has 2 atom stereocenters. The molecule has 2 saturated heterocycles. The van der Waals surface area contributed by atoms with Crippen LogP contribution in [0.3, 0.4) is 0 Å². The number of nitrogens with zero attached hydrogens (tertiary/aromatic N) is 4. The number of rotatable bonds is 8. The predicted molar refractivity (Wildman–Crippen MR) is 155 cm³/mol. The van der Waals surface area contributed by atoms with Crippen molar-refractivity contribution in [2.75, 3.05) is 37.3 Å². The second kappa shape index (κ2) is 11.5. The van der Waals surface area contributed by atoms with Gasteiger partial charge < -0.3 is 15.2 Å². The summed E-state index contributed by atoms with van der Waals surface area (Å²) >= 11 is -0.229. The minimum absolute atomic E-state index is 0.00412. The van der Waals surface area contributed by atoms with Crippen LogP contribution in [0.2, 0.25) is 0 Å². The largest absolute Gasteiger partial charge is 0.508 e. The summed E-state index contributed by atoms with van der Waals surface area (Å²) in [6.07, 6.45) is 7.61. The number of phenols is 1. The van der Waals surface area contributed by atoms with Crippen molar-refractivity contribution in [3.8, 4) is 35.4 Å². The molecule has 4 heterocycles. The molecule has 2 aliphatic rings. The van der Waals surface area contributed by atoms with E-state index >= 15 is 4.39 Å². The van der Waals surface area contributed by atoms with Gasteiger partial charge in [0.2, 0.25) is 0 Å². The van der Waals surface area contributed by atoms with Gasteiger partial charge in [-0.15, -0.1) is 6.42 Å². The minimum Gasteiger partial charge on any atom is -0.508 e. The van der Waals surface area contributed by atoms with Crippen LogP contribution in [-0.4, -0.2) is 74.2 Å². The Morgan fingerprint density at radius 2 is 2.05 bits per heavy atom. The van der Waals surface area contributed by atoms with E-state index in [0.717, 1.165) is 12.5 Å². The second-order valence-corrected chi connectivity index (χ2v) is 11.9. The standard InChI is InChI=1S/C30H25F6N5O2S/c1-2-19-22(32)5-4-16-10-18(42)11-20(23(16)19)25-24(33)26-21(13-38-25)27(37-7-9-44-30(34,35)36)40-28(39-26)43-15-29-6-3-8-41(29)14-17(31)12-29/h1,4-5,10-11,13,17,42H,3,6-9,12,14-15H2,(H,37,39,40)/t17-,29+/m1/s1. The number of ether oxygens (including phenoxy) is 1. The van der Waals surface area contributed by atoms with Crippen LogP contribution >= 0.6 is 11.8 Å². The highest BCUT2D eigenvalue weighted by Crippen LogP contribution is 2.41. The molecule has 44 heavy (non-hydrogen) atoms. The molecule has 0 unspecified atom stereocenters. The number of thioether (sulfide) groups is 1. The fourth-order valence-corrected chi connectivity index (χ4v) is 6.60. The molecular formula is C30H25F6N5O2S. The second-order valence-electron chi connectivity index (χ2n) is 10.8. The molecule has 0 spiro atoms. The Morgan fingerprint density at radius 3 is 2.82 bits per heavy atom. The van der Waals surface area contributed by atoms with Crippen molar-refractivity contribution in [3.63, 3.8) is 0 Å². The molecule has 2 N–H and O–H groups in total. The molecule has 14 heteroatoms. The van der Waals surface area contributed by atoms with Gasteiger partial charge >= 0.3 is 11.5 Å². The summed E-state index contributed by atoms with van der Waals surface area (Å²) in [5, 5.41) is 13.7. The normalized spacial score (nSPS) is 20.2. The maximum atomic E-state index is 16.4. The van der Waals surface area contributed by atoms with Crippen LogP contribution in [0.1, 0.15) is 24.8 Å². The van der Waals surface area contributed by atoms with E-state index in [1.54, 1.807) is 0 Å². The molecule has 4 aromatic rings. The first-order chi connectivity index (χ1) is 21.0. The Kier molecular flexibility index (Phi) is 7.87. The number of benzene rings is 2. The monoisotopic (exact) mass is 633 g/mol. The van der Waals surface area contributed by atoms with Crippen LogP contribution < -0.4 is 10.1 Å². The van der Waals surface area contributed by atoms with Crippen LogP contribution in [-0.2, 0) is 0 Å². The summed E-state index contributed by atoms with van der Waals surface area (Å²) in [6, 6.07) is 4.81. The van der Waals surface area contributed by atoms with Crippen molar-refractivity contribution in [2.24, 2.45) is 0 Å². The number of fused-ring (bicyclic) bond motifs is 3. The van der Waals surface area contributed by atoms with Crippen molar-refractivity contribution in [2.45, 2.75) is 36.5 Å². The number of aromatic nitrogens is 3. The van der Waals surface area contributed by atoms with E-state index < -0.39 is 28.9 Å². The lowest BCUT2D eigenvalue weighted by Gasteiger charge is -2.30. The van der Waals surface area contributed by atoms with Gasteiger partial charge in [0.1, 0.15) is 41.4 Å². The number of aromatic hydroxyl groups is 1. The molecule has 2 aliphatic heterocycles. The molecule has 0 radical (unpaired) electrons. The van der Waals surface area contributed by atoms with Gasteiger partial charge in [0.05, 0.1) is 16.5 Å². The smallest absolute Gasteiger partial charge is 0.441 e. The van der Waals surface area contributed by atoms with Gasteiger partial charge in [0.15, 0.2) is 5.82 Å². The van der Waals surface area contributed by atoms with Gasteiger partial charge in [0, 0.05) is 42.4 Å². The third-order valence-electron chi connectivity index (χ3n) is 8.01. The Bertz CT molecular complexity index is 1800. The van der Waals surface area contributed by atoms with E-state index in [4.69, 9.17) is 11.2 Å². The maximum absolute atomic E-state index is 16.4. The van der Waals surface area contributed by atoms with Crippen molar-refractivity contribution < 1.29 is 36.2 Å². The summed E-state index contributed by atoms with van der Waals surface area (Å²) in [5.74, 6) is -0.0536. The molecule has 0 saturated carbocycles. The number of halogens is 6. The van der Waals surface area contributed by atoms with Crippen molar-refractivity contribution in [3.05, 3.63) is 47.7 Å². The molecule has 230 valence electrons. The number of hydrogen-bond donors (Lipinski definition) is 2. The molecule has 7 nitrogen and oxygen atoms in total. The molecule has 2 aromatic carbocycles. The van der Waals surface area contributed by atoms with Gasteiger partial charge in [-0.05, 0) is 54.7 Å². The maximum Gasteiger partial charge on any atom is 0.441 e. The minimum atomic E-state index is -4.44. The zero-order chi connectivity index (χ0) is 31.2. The van der Waals surface area contributed by atoms with Gasteiger partial charge in [-0.25, -0.2) is 13.2 Å². The zero-order valence-corrected chi connectivity index (χ0v) is 23.8. The van der Waals surface area contributed by atoms with E-state index in [0.29, 0.717) is 18.4 Å². The zero-order valence-electron chi connectivity index (χ0n) is 23.0. The Balaban J connectivity index is 1.44. The molecular weight excluding hydrogens is 608 g/mol. The first kappa shape index (κ1) is 30.1. The van der Waals surface area contributed by atoms with Crippen molar-refractivity contribution in [1.29, 1.82) is 0 Å². The summed E-state index contributed by atoms with van der Waals surface area (Å²) in [4.78, 5) is 14.8. The quantitative estimate of drug-likeness (QED) is 0.131. The van der Waals surface area contributed by atoms with Gasteiger partial charge in [0.25, 0.3) is 0 Å². The topological polar surface area (TPSA) is 83.4 Å². The highest BCUT2D eigenvalue weighted by molar-refractivity contribution is 8.00. The Labute approximate surface area is 252 Å². The number of terminal acetylenes is 1. The van der Waals surface area contributed by atoms with Crippen molar-refractivity contribution in [1.82, 2.24) is 19.9 Å². The van der Waals surface area contributed by atoms with Crippen LogP contribution in [0.25, 0.3) is 32.9 Å². The predicted octanol–water partition coefficient (Wildman–Crippen LogP) is 6.43. The van der Waals surface area contributed by atoms with E-state index in [9.17, 15) is 27.1 Å². The third-order valence-corrected chi connectivity index (χ3v) is 8.74. The highest BCUT2D eigenvalue weighted by atomic mass is 32.2. The van der Waals surface area contributed by atoms with E-state index in [-0.39, 0.29) is 94.3 Å². The van der Waals surface area contributed by atoms with Gasteiger partial charge in [-0.1, -0.05) is 12.0 Å². The number of nitrogens with one attached hydrogen (secondary N) is 1. The van der Waals surface area contributed by atoms with E-state index in [1.807, 2.05) is 4.90 Å². The number of anilines is 1. The van der Waals surface area contributed by atoms with E-state index in [2.05, 4.69) is 26.2 Å². The molecule has 0 bridgehead atoms. The SMILES string of the molecule is C#Cc1c(F)ccc2cc(O)cc(-c3ncc4c(NCCSC(F)(F)F)nc(OC[C@@]56CCCN5C[C@H](F)C6)nc4c3F)c12. The highest BCUT2D eigenvalue weighted by Gasteiger charge is 2.49. The molecule has 0 amide bonds. The average molecular weight is 634 g/mol. The molecule has 2 fully saturated rings. The van der Waals surface area contributed by atoms with Crippen molar-refractivity contribution >= 4 is 39.3 Å².